The number of aliphatic hydroxyl groups excluding tert-OH is 2. The Labute approximate surface area is 194 Å². The van der Waals surface area contributed by atoms with Crippen molar-refractivity contribution in [1.29, 1.82) is 5.41 Å². The van der Waals surface area contributed by atoms with Crippen LogP contribution in [0.2, 0.25) is 0 Å². The molecule has 2 rings (SSSR count). The first-order valence-electron chi connectivity index (χ1n) is 10.3. The molecule has 1 heterocycles. The maximum absolute atomic E-state index is 12.2. The minimum absolute atomic E-state index is 0.195. The fraction of sp³-hybridized carbons (Fsp3) is 0.348. The molecule has 0 aliphatic heterocycles. The number of anilines is 2. The van der Waals surface area contributed by atoms with Crippen LogP contribution in [0.15, 0.2) is 48.9 Å². The highest BCUT2D eigenvalue weighted by Crippen LogP contribution is 2.29. The molecular weight excluding hydrogens is 458 g/mol. The van der Waals surface area contributed by atoms with Gasteiger partial charge in [-0.05, 0) is 48.7 Å². The standard InChI is InChI=1S/C17H18F3N3O3.C6H9FO/c1-2-13(21)15-12(14(25)9-24)7-8-22-16(15)23-10-3-5-11(6-4-10)26-17(18,19)20;1-3-4-6(8)5(2)7/h3-8,14,21,24-25H,2,9H2,1H3,(H,22,23);2-4H2,1H3. The first-order valence-corrected chi connectivity index (χ1v) is 10.3. The second-order valence-corrected chi connectivity index (χ2v) is 6.93. The lowest BCUT2D eigenvalue weighted by Gasteiger charge is -2.18. The summed E-state index contributed by atoms with van der Waals surface area (Å²) in [6.45, 7) is 5.92. The van der Waals surface area contributed by atoms with Crippen molar-refractivity contribution in [3.63, 3.8) is 0 Å². The molecule has 0 fully saturated rings. The van der Waals surface area contributed by atoms with E-state index in [1.54, 1.807) is 6.92 Å². The van der Waals surface area contributed by atoms with E-state index in [4.69, 9.17) is 5.41 Å². The van der Waals surface area contributed by atoms with Gasteiger partial charge in [-0.15, -0.1) is 13.2 Å². The normalized spacial score (nSPS) is 11.6. The largest absolute Gasteiger partial charge is 0.573 e. The molecule has 2 aromatic rings. The molecule has 7 nitrogen and oxygen atoms in total. The average molecular weight is 485 g/mol. The molecule has 11 heteroatoms. The summed E-state index contributed by atoms with van der Waals surface area (Å²) < 4.78 is 52.2. The number of Topliss-reactive ketones (excluding diaryl/α,β-unsaturated/α-hetero) is 1. The Kier molecular flexibility index (Phi) is 11.3. The number of hydrogen-bond donors (Lipinski definition) is 4. The number of ether oxygens (including phenoxy) is 1. The third-order valence-corrected chi connectivity index (χ3v) is 4.30. The van der Waals surface area contributed by atoms with E-state index in [2.05, 4.69) is 21.6 Å². The van der Waals surface area contributed by atoms with E-state index in [0.29, 0.717) is 29.7 Å². The smallest absolute Gasteiger partial charge is 0.406 e. The van der Waals surface area contributed by atoms with Crippen molar-refractivity contribution in [2.24, 2.45) is 0 Å². The van der Waals surface area contributed by atoms with Crippen LogP contribution in [0.1, 0.15) is 50.3 Å². The van der Waals surface area contributed by atoms with Crippen molar-refractivity contribution in [2.75, 3.05) is 11.9 Å². The number of benzene rings is 1. The Morgan fingerprint density at radius 1 is 1.24 bits per heavy atom. The molecule has 4 N–H and O–H groups in total. The number of ketones is 1. The molecule has 1 aromatic heterocycles. The van der Waals surface area contributed by atoms with Crippen LogP contribution in [0.4, 0.5) is 29.1 Å². The van der Waals surface area contributed by atoms with Gasteiger partial charge in [-0.2, -0.15) is 0 Å². The fourth-order valence-corrected chi connectivity index (χ4v) is 2.68. The Bertz CT molecular complexity index is 979. The molecule has 1 aromatic carbocycles. The minimum atomic E-state index is -4.77. The van der Waals surface area contributed by atoms with Crippen LogP contribution in [0, 0.1) is 5.41 Å². The van der Waals surface area contributed by atoms with Gasteiger partial charge >= 0.3 is 6.36 Å². The molecule has 0 amide bonds. The summed E-state index contributed by atoms with van der Waals surface area (Å²) in [5.74, 6) is -1.41. The predicted molar refractivity (Wildman–Crippen MR) is 120 cm³/mol. The summed E-state index contributed by atoms with van der Waals surface area (Å²) in [5, 5.41) is 30.2. The van der Waals surface area contributed by atoms with Crippen molar-refractivity contribution in [3.8, 4) is 5.75 Å². The summed E-state index contributed by atoms with van der Waals surface area (Å²) in [6.07, 6.45) is -3.22. The molecule has 0 radical (unpaired) electrons. The van der Waals surface area contributed by atoms with Gasteiger partial charge in [0.05, 0.1) is 6.61 Å². The zero-order valence-corrected chi connectivity index (χ0v) is 18.7. The number of pyridine rings is 1. The van der Waals surface area contributed by atoms with Crippen LogP contribution in [0.5, 0.6) is 5.75 Å². The summed E-state index contributed by atoms with van der Waals surface area (Å²) in [7, 11) is 0. The number of aliphatic hydroxyl groups is 2. The predicted octanol–water partition coefficient (Wildman–Crippen LogP) is 5.37. The minimum Gasteiger partial charge on any atom is -0.406 e. The van der Waals surface area contributed by atoms with E-state index in [1.807, 2.05) is 6.92 Å². The first-order chi connectivity index (χ1) is 15.9. The van der Waals surface area contributed by atoms with Crippen LogP contribution in [-0.2, 0) is 4.79 Å². The highest BCUT2D eigenvalue weighted by molar-refractivity contribution is 6.04. The van der Waals surface area contributed by atoms with E-state index < -0.39 is 30.7 Å². The lowest BCUT2D eigenvalue weighted by Crippen LogP contribution is -2.17. The first kappa shape index (κ1) is 28.7. The van der Waals surface area contributed by atoms with Gasteiger partial charge in [-0.1, -0.05) is 20.4 Å². The molecular formula is C23H27F4N3O4. The van der Waals surface area contributed by atoms with Crippen molar-refractivity contribution in [1.82, 2.24) is 4.98 Å². The topological polar surface area (TPSA) is 116 Å². The number of aromatic nitrogens is 1. The van der Waals surface area contributed by atoms with Gasteiger partial charge < -0.3 is 25.7 Å². The van der Waals surface area contributed by atoms with Gasteiger partial charge in [0.1, 0.15) is 17.7 Å². The number of nitrogens with zero attached hydrogens (tertiary/aromatic N) is 1. The number of halogens is 4. The lowest BCUT2D eigenvalue weighted by molar-refractivity contribution is -0.274. The van der Waals surface area contributed by atoms with Gasteiger partial charge in [0.2, 0.25) is 0 Å². The number of allylic oxidation sites excluding steroid dienone is 1. The van der Waals surface area contributed by atoms with Crippen LogP contribution >= 0.6 is 0 Å². The van der Waals surface area contributed by atoms with Gasteiger partial charge in [-0.3, -0.25) is 4.79 Å². The molecule has 0 spiro atoms. The number of carbonyl (C=O) groups is 1. The van der Waals surface area contributed by atoms with Crippen molar-refractivity contribution in [2.45, 2.75) is 45.6 Å². The molecule has 0 saturated heterocycles. The maximum atomic E-state index is 12.2. The molecule has 0 bridgehead atoms. The van der Waals surface area contributed by atoms with Gasteiger partial charge in [0, 0.05) is 29.6 Å². The quantitative estimate of drug-likeness (QED) is 0.204. The Balaban J connectivity index is 0.000000620. The fourth-order valence-electron chi connectivity index (χ4n) is 2.68. The molecule has 0 saturated carbocycles. The zero-order chi connectivity index (χ0) is 25.9. The Morgan fingerprint density at radius 2 is 1.85 bits per heavy atom. The van der Waals surface area contributed by atoms with Gasteiger partial charge in [0.15, 0.2) is 11.6 Å². The van der Waals surface area contributed by atoms with Crippen molar-refractivity contribution in [3.05, 3.63) is 60.1 Å². The highest BCUT2D eigenvalue weighted by atomic mass is 19.4. The zero-order valence-electron chi connectivity index (χ0n) is 18.7. The molecule has 1 unspecified atom stereocenters. The van der Waals surface area contributed by atoms with E-state index in [1.165, 1.54) is 24.4 Å². The summed E-state index contributed by atoms with van der Waals surface area (Å²) >= 11 is 0. The van der Waals surface area contributed by atoms with E-state index in [9.17, 15) is 32.6 Å². The highest BCUT2D eigenvalue weighted by Gasteiger charge is 2.31. The van der Waals surface area contributed by atoms with Crippen LogP contribution in [0.25, 0.3) is 0 Å². The average Bonchev–Trinajstić information content (AvgIpc) is 2.78. The molecule has 1 atom stereocenters. The third kappa shape index (κ3) is 9.28. The number of carbonyl (C=O) groups excluding carboxylic acids is 1. The Hall–Kier alpha value is -3.31. The van der Waals surface area contributed by atoms with E-state index >= 15 is 0 Å². The van der Waals surface area contributed by atoms with E-state index in [0.717, 1.165) is 12.1 Å². The number of nitrogens with one attached hydrogen (secondary N) is 2. The van der Waals surface area contributed by atoms with E-state index in [-0.39, 0.29) is 23.7 Å². The van der Waals surface area contributed by atoms with Gasteiger partial charge in [0.25, 0.3) is 0 Å². The molecule has 186 valence electrons. The second-order valence-electron chi connectivity index (χ2n) is 6.93. The molecule has 0 aliphatic carbocycles. The summed E-state index contributed by atoms with van der Waals surface area (Å²) in [5.41, 5.74) is 1.30. The number of alkyl halides is 3. The Morgan fingerprint density at radius 3 is 2.29 bits per heavy atom. The monoisotopic (exact) mass is 485 g/mol. The SMILES string of the molecule is C=C(F)C(=O)CCC.CCC(=N)c1c(C(O)CO)ccnc1Nc1ccc(OC(F)(F)F)cc1. The molecule has 0 aliphatic rings. The molecule has 34 heavy (non-hydrogen) atoms. The van der Waals surface area contributed by atoms with Crippen molar-refractivity contribution >= 4 is 23.0 Å². The third-order valence-electron chi connectivity index (χ3n) is 4.30. The summed E-state index contributed by atoms with van der Waals surface area (Å²) in [4.78, 5) is 14.4. The van der Waals surface area contributed by atoms with Crippen LogP contribution < -0.4 is 10.1 Å². The van der Waals surface area contributed by atoms with Crippen LogP contribution in [-0.4, -0.2) is 39.7 Å². The number of hydrogen-bond acceptors (Lipinski definition) is 7. The lowest BCUT2D eigenvalue weighted by atomic mass is 9.98. The van der Waals surface area contributed by atoms with Crippen molar-refractivity contribution < 1.29 is 37.3 Å². The second kappa shape index (κ2) is 13.4. The number of rotatable bonds is 10. The summed E-state index contributed by atoms with van der Waals surface area (Å²) in [6, 6.07) is 6.54. The maximum Gasteiger partial charge on any atom is 0.573 e. The van der Waals surface area contributed by atoms with Crippen LogP contribution in [0.3, 0.4) is 0 Å². The van der Waals surface area contributed by atoms with Gasteiger partial charge in [-0.25, -0.2) is 9.37 Å².